The van der Waals surface area contributed by atoms with Crippen LogP contribution in [-0.2, 0) is 4.79 Å². The second kappa shape index (κ2) is 5.30. The third kappa shape index (κ3) is 7.73. The van der Waals surface area contributed by atoms with Gasteiger partial charge in [0.2, 0.25) is 0 Å². The fourth-order valence-corrected chi connectivity index (χ4v) is 1.83. The Kier molecular flexibility index (Phi) is 5.14. The standard InChI is InChI=1S/C10H20OSi/c1-10(6-5-8-11)7-9-12(2,3)4/h7-8H,5-6,9H2,1-4H3. The minimum Gasteiger partial charge on any atom is -0.303 e. The summed E-state index contributed by atoms with van der Waals surface area (Å²) in [5.41, 5.74) is 1.37. The zero-order chi connectivity index (χ0) is 9.61. The Labute approximate surface area is 76.9 Å². The molecule has 0 fully saturated rings. The number of rotatable bonds is 5. The van der Waals surface area contributed by atoms with Gasteiger partial charge >= 0.3 is 0 Å². The lowest BCUT2D eigenvalue weighted by atomic mass is 10.2. The van der Waals surface area contributed by atoms with Gasteiger partial charge in [0.25, 0.3) is 0 Å². The molecule has 0 radical (unpaired) electrons. The molecule has 0 bridgehead atoms. The van der Waals surface area contributed by atoms with E-state index in [1.165, 1.54) is 11.6 Å². The van der Waals surface area contributed by atoms with Gasteiger partial charge < -0.3 is 4.79 Å². The van der Waals surface area contributed by atoms with E-state index < -0.39 is 8.07 Å². The highest BCUT2D eigenvalue weighted by atomic mass is 28.3. The van der Waals surface area contributed by atoms with Crippen molar-refractivity contribution in [3.63, 3.8) is 0 Å². The van der Waals surface area contributed by atoms with Gasteiger partial charge in [0.15, 0.2) is 0 Å². The molecule has 0 unspecified atom stereocenters. The summed E-state index contributed by atoms with van der Waals surface area (Å²) >= 11 is 0. The minimum atomic E-state index is -0.924. The van der Waals surface area contributed by atoms with Crippen LogP contribution in [0.25, 0.3) is 0 Å². The first-order chi connectivity index (χ1) is 5.45. The molecule has 0 aliphatic rings. The molecular weight excluding hydrogens is 164 g/mol. The van der Waals surface area contributed by atoms with E-state index in [1.807, 2.05) is 0 Å². The molecule has 0 saturated carbocycles. The third-order valence-electron chi connectivity index (χ3n) is 1.72. The maximum atomic E-state index is 10.1. The maximum Gasteiger partial charge on any atom is 0.120 e. The third-order valence-corrected chi connectivity index (χ3v) is 3.15. The zero-order valence-electron chi connectivity index (χ0n) is 8.68. The van der Waals surface area contributed by atoms with Crippen LogP contribution in [0, 0.1) is 0 Å². The predicted octanol–water partition coefficient (Wildman–Crippen LogP) is 3.25. The van der Waals surface area contributed by atoms with Crippen molar-refractivity contribution in [1.29, 1.82) is 0 Å². The summed E-state index contributed by atoms with van der Waals surface area (Å²) in [4.78, 5) is 10.1. The Morgan fingerprint density at radius 2 is 1.92 bits per heavy atom. The number of allylic oxidation sites excluding steroid dienone is 2. The molecule has 0 rings (SSSR count). The van der Waals surface area contributed by atoms with Crippen LogP contribution in [0.1, 0.15) is 19.8 Å². The number of hydrogen-bond donors (Lipinski definition) is 0. The van der Waals surface area contributed by atoms with Gasteiger partial charge in [-0.3, -0.25) is 0 Å². The molecule has 0 aromatic rings. The summed E-state index contributed by atoms with van der Waals surface area (Å²) in [7, 11) is -0.924. The van der Waals surface area contributed by atoms with Crippen molar-refractivity contribution in [1.82, 2.24) is 0 Å². The van der Waals surface area contributed by atoms with E-state index in [-0.39, 0.29) is 0 Å². The second-order valence-corrected chi connectivity index (χ2v) is 10.1. The fourth-order valence-electron chi connectivity index (χ4n) is 0.869. The van der Waals surface area contributed by atoms with Gasteiger partial charge in [-0.25, -0.2) is 0 Å². The molecule has 0 heterocycles. The van der Waals surface area contributed by atoms with Gasteiger partial charge in [0.05, 0.1) is 0 Å². The van der Waals surface area contributed by atoms with Crippen LogP contribution in [0.5, 0.6) is 0 Å². The van der Waals surface area contributed by atoms with Crippen LogP contribution in [0.15, 0.2) is 11.6 Å². The van der Waals surface area contributed by atoms with Gasteiger partial charge in [-0.05, 0) is 19.4 Å². The Balaban J connectivity index is 3.76. The van der Waals surface area contributed by atoms with E-state index >= 15 is 0 Å². The van der Waals surface area contributed by atoms with Crippen LogP contribution < -0.4 is 0 Å². The lowest BCUT2D eigenvalue weighted by Crippen LogP contribution is -2.17. The zero-order valence-corrected chi connectivity index (χ0v) is 9.68. The Morgan fingerprint density at radius 1 is 1.33 bits per heavy atom. The molecule has 0 aromatic heterocycles. The molecule has 0 aromatic carbocycles. The summed E-state index contributed by atoms with van der Waals surface area (Å²) in [5.74, 6) is 0. The van der Waals surface area contributed by atoms with Crippen LogP contribution in [-0.4, -0.2) is 14.4 Å². The summed E-state index contributed by atoms with van der Waals surface area (Å²) in [6.45, 7) is 9.19. The highest BCUT2D eigenvalue weighted by molar-refractivity contribution is 6.76. The Bertz CT molecular complexity index is 165. The molecule has 0 spiro atoms. The van der Waals surface area contributed by atoms with Crippen LogP contribution in [0.3, 0.4) is 0 Å². The first-order valence-corrected chi connectivity index (χ1v) is 8.26. The predicted molar refractivity (Wildman–Crippen MR) is 57.2 cm³/mol. The summed E-state index contributed by atoms with van der Waals surface area (Å²) in [6, 6.07) is 1.23. The normalized spacial score (nSPS) is 13.2. The maximum absolute atomic E-state index is 10.1. The van der Waals surface area contributed by atoms with Crippen molar-refractivity contribution in [3.05, 3.63) is 11.6 Å². The lowest BCUT2D eigenvalue weighted by molar-refractivity contribution is -0.107. The quantitative estimate of drug-likeness (QED) is 0.364. The van der Waals surface area contributed by atoms with E-state index in [2.05, 4.69) is 32.6 Å². The fraction of sp³-hybridized carbons (Fsp3) is 0.700. The van der Waals surface area contributed by atoms with Crippen molar-refractivity contribution in [2.45, 2.75) is 45.5 Å². The first-order valence-electron chi connectivity index (χ1n) is 4.55. The van der Waals surface area contributed by atoms with Gasteiger partial charge in [-0.2, -0.15) is 0 Å². The van der Waals surface area contributed by atoms with E-state index in [0.29, 0.717) is 6.42 Å². The van der Waals surface area contributed by atoms with Gasteiger partial charge in [0, 0.05) is 14.5 Å². The van der Waals surface area contributed by atoms with Crippen molar-refractivity contribution in [2.24, 2.45) is 0 Å². The Hall–Kier alpha value is -0.373. The molecule has 0 aliphatic heterocycles. The molecule has 1 nitrogen and oxygen atoms in total. The summed E-state index contributed by atoms with van der Waals surface area (Å²) in [5, 5.41) is 0. The minimum absolute atomic E-state index is 0.675. The largest absolute Gasteiger partial charge is 0.303 e. The molecule has 12 heavy (non-hydrogen) atoms. The van der Waals surface area contributed by atoms with Gasteiger partial charge in [-0.1, -0.05) is 31.3 Å². The first kappa shape index (κ1) is 11.6. The van der Waals surface area contributed by atoms with E-state index in [0.717, 1.165) is 12.7 Å². The van der Waals surface area contributed by atoms with Crippen LogP contribution >= 0.6 is 0 Å². The van der Waals surface area contributed by atoms with E-state index in [1.54, 1.807) is 0 Å². The van der Waals surface area contributed by atoms with E-state index in [9.17, 15) is 4.79 Å². The number of aldehydes is 1. The number of carbonyl (C=O) groups excluding carboxylic acids is 1. The monoisotopic (exact) mass is 184 g/mol. The van der Waals surface area contributed by atoms with Crippen molar-refractivity contribution in [2.75, 3.05) is 0 Å². The topological polar surface area (TPSA) is 17.1 Å². The van der Waals surface area contributed by atoms with Crippen molar-refractivity contribution >= 4 is 14.4 Å². The molecule has 0 aliphatic carbocycles. The Morgan fingerprint density at radius 3 is 2.33 bits per heavy atom. The highest BCUT2D eigenvalue weighted by Gasteiger charge is 2.09. The van der Waals surface area contributed by atoms with Gasteiger partial charge in [-0.15, -0.1) is 0 Å². The second-order valence-electron chi connectivity index (χ2n) is 4.52. The molecule has 0 N–H and O–H groups in total. The average molecular weight is 184 g/mol. The SMILES string of the molecule is CC(=CC[Si](C)(C)C)CCC=O. The lowest BCUT2D eigenvalue weighted by Gasteiger charge is -2.12. The van der Waals surface area contributed by atoms with Gasteiger partial charge in [0.1, 0.15) is 6.29 Å². The van der Waals surface area contributed by atoms with Crippen molar-refractivity contribution < 1.29 is 4.79 Å². The number of hydrogen-bond acceptors (Lipinski definition) is 1. The average Bonchev–Trinajstić information content (AvgIpc) is 1.95. The van der Waals surface area contributed by atoms with E-state index in [4.69, 9.17) is 0 Å². The van der Waals surface area contributed by atoms with Crippen LogP contribution in [0.2, 0.25) is 25.7 Å². The molecule has 0 saturated heterocycles. The molecule has 0 atom stereocenters. The molecule has 0 amide bonds. The molecule has 2 heteroatoms. The van der Waals surface area contributed by atoms with Crippen LogP contribution in [0.4, 0.5) is 0 Å². The van der Waals surface area contributed by atoms with Crippen molar-refractivity contribution in [3.8, 4) is 0 Å². The smallest absolute Gasteiger partial charge is 0.120 e. The summed E-state index contributed by atoms with van der Waals surface area (Å²) < 4.78 is 0. The summed E-state index contributed by atoms with van der Waals surface area (Å²) in [6.07, 6.45) is 4.91. The molecular formula is C10H20OSi. The number of carbonyl (C=O) groups is 1. The highest BCUT2D eigenvalue weighted by Crippen LogP contribution is 2.12. The molecule has 70 valence electrons.